The van der Waals surface area contributed by atoms with Gasteiger partial charge in [0.2, 0.25) is 15.9 Å². The number of nitrogens with one attached hydrogen (secondary N) is 2. The van der Waals surface area contributed by atoms with E-state index in [4.69, 9.17) is 0 Å². The Kier molecular flexibility index (Phi) is 7.56. The number of carbonyl (C=O) groups is 1. The maximum absolute atomic E-state index is 12.7. The molecule has 3 rings (SSSR count). The Morgan fingerprint density at radius 3 is 1.89 bits per heavy atom. The summed E-state index contributed by atoms with van der Waals surface area (Å²) in [7, 11) is -7.54. The van der Waals surface area contributed by atoms with Crippen LogP contribution < -0.4 is 14.3 Å². The van der Waals surface area contributed by atoms with Gasteiger partial charge in [0.15, 0.2) is 0 Å². The fourth-order valence-corrected chi connectivity index (χ4v) is 5.45. The molecule has 0 saturated heterocycles. The van der Waals surface area contributed by atoms with Crippen LogP contribution in [0.3, 0.4) is 0 Å². The van der Waals surface area contributed by atoms with Gasteiger partial charge in [0.25, 0.3) is 10.0 Å². The van der Waals surface area contributed by atoms with Gasteiger partial charge in [-0.05, 0) is 98.5 Å². The molecule has 0 aliphatic rings. The highest BCUT2D eigenvalue weighted by Crippen LogP contribution is 2.23. The standard InChI is InChI=1S/C25H29N3O5S2/c1-17-12-18(2)14-23(13-17)28(34(5,30)31)16-25(29)26-21-8-10-24(11-9-21)35(32,33)27-22-7-6-19(3)20(4)15-22/h6-15,27H,16H2,1-5H3,(H,26,29). The van der Waals surface area contributed by atoms with E-state index in [-0.39, 0.29) is 4.90 Å². The van der Waals surface area contributed by atoms with Crippen LogP contribution in [0.5, 0.6) is 0 Å². The van der Waals surface area contributed by atoms with E-state index < -0.39 is 32.5 Å². The summed E-state index contributed by atoms with van der Waals surface area (Å²) in [4.78, 5) is 12.7. The number of nitrogens with zero attached hydrogens (tertiary/aromatic N) is 1. The molecule has 3 aromatic rings. The zero-order valence-electron chi connectivity index (χ0n) is 20.3. The minimum Gasteiger partial charge on any atom is -0.325 e. The lowest BCUT2D eigenvalue weighted by Crippen LogP contribution is -2.37. The van der Waals surface area contributed by atoms with Crippen LogP contribution in [-0.4, -0.2) is 35.5 Å². The van der Waals surface area contributed by atoms with E-state index >= 15 is 0 Å². The van der Waals surface area contributed by atoms with Gasteiger partial charge in [-0.3, -0.25) is 13.8 Å². The van der Waals surface area contributed by atoms with Crippen molar-refractivity contribution >= 4 is 43.0 Å². The lowest BCUT2D eigenvalue weighted by Gasteiger charge is -2.23. The van der Waals surface area contributed by atoms with E-state index in [0.29, 0.717) is 17.1 Å². The van der Waals surface area contributed by atoms with Crippen LogP contribution in [0.4, 0.5) is 17.1 Å². The Labute approximate surface area is 207 Å². The molecule has 0 atom stereocenters. The summed E-state index contributed by atoms with van der Waals surface area (Å²) in [6, 6.07) is 16.2. The monoisotopic (exact) mass is 515 g/mol. The van der Waals surface area contributed by atoms with E-state index in [1.807, 2.05) is 39.8 Å². The van der Waals surface area contributed by atoms with Gasteiger partial charge >= 0.3 is 0 Å². The van der Waals surface area contributed by atoms with Crippen molar-refractivity contribution in [3.63, 3.8) is 0 Å². The van der Waals surface area contributed by atoms with E-state index in [1.165, 1.54) is 24.3 Å². The second-order valence-electron chi connectivity index (χ2n) is 8.59. The molecular weight excluding hydrogens is 486 g/mol. The second kappa shape index (κ2) is 10.1. The predicted octanol–water partition coefficient (Wildman–Crippen LogP) is 4.13. The first-order chi connectivity index (χ1) is 16.2. The van der Waals surface area contributed by atoms with Crippen LogP contribution in [0.1, 0.15) is 22.3 Å². The van der Waals surface area contributed by atoms with Crippen molar-refractivity contribution in [2.75, 3.05) is 27.1 Å². The maximum atomic E-state index is 12.7. The molecule has 8 nitrogen and oxygen atoms in total. The topological polar surface area (TPSA) is 113 Å². The molecule has 0 spiro atoms. The van der Waals surface area contributed by atoms with Crippen molar-refractivity contribution in [2.24, 2.45) is 0 Å². The number of hydrogen-bond acceptors (Lipinski definition) is 5. The molecule has 2 N–H and O–H groups in total. The summed E-state index contributed by atoms with van der Waals surface area (Å²) in [5, 5.41) is 2.63. The van der Waals surface area contributed by atoms with E-state index in [2.05, 4.69) is 10.0 Å². The fraction of sp³-hybridized carbons (Fsp3) is 0.240. The first-order valence-corrected chi connectivity index (χ1v) is 14.1. The van der Waals surface area contributed by atoms with Gasteiger partial charge in [-0.1, -0.05) is 12.1 Å². The van der Waals surface area contributed by atoms with Gasteiger partial charge in [-0.2, -0.15) is 0 Å². The third-order valence-corrected chi connectivity index (χ3v) is 7.93. The van der Waals surface area contributed by atoms with Crippen molar-refractivity contribution in [1.82, 2.24) is 0 Å². The largest absolute Gasteiger partial charge is 0.325 e. The summed E-state index contributed by atoms with van der Waals surface area (Å²) in [6.45, 7) is 7.12. The zero-order valence-corrected chi connectivity index (χ0v) is 21.9. The Morgan fingerprint density at radius 1 is 0.771 bits per heavy atom. The van der Waals surface area contributed by atoms with Gasteiger partial charge < -0.3 is 5.32 Å². The Hall–Kier alpha value is -3.37. The molecule has 0 radical (unpaired) electrons. The molecular formula is C25H29N3O5S2. The van der Waals surface area contributed by atoms with Crippen molar-refractivity contribution < 1.29 is 21.6 Å². The highest BCUT2D eigenvalue weighted by Gasteiger charge is 2.22. The molecule has 10 heteroatoms. The highest BCUT2D eigenvalue weighted by molar-refractivity contribution is 7.92. The molecule has 0 aliphatic carbocycles. The SMILES string of the molecule is Cc1cc(C)cc(N(CC(=O)Nc2ccc(S(=O)(=O)Nc3ccc(C)c(C)c3)cc2)S(C)(=O)=O)c1. The molecule has 1 amide bonds. The van der Waals surface area contributed by atoms with Gasteiger partial charge in [-0.15, -0.1) is 0 Å². The van der Waals surface area contributed by atoms with Crippen LogP contribution in [0.2, 0.25) is 0 Å². The minimum absolute atomic E-state index is 0.0294. The summed E-state index contributed by atoms with van der Waals surface area (Å²) in [5.41, 5.74) is 4.97. The third kappa shape index (κ3) is 6.83. The molecule has 35 heavy (non-hydrogen) atoms. The van der Waals surface area contributed by atoms with Crippen molar-refractivity contribution in [1.29, 1.82) is 0 Å². The van der Waals surface area contributed by atoms with Gasteiger partial charge in [0, 0.05) is 11.4 Å². The van der Waals surface area contributed by atoms with E-state index in [0.717, 1.165) is 32.8 Å². The fourth-order valence-electron chi connectivity index (χ4n) is 3.56. The van der Waals surface area contributed by atoms with Crippen LogP contribution >= 0.6 is 0 Å². The molecule has 0 fully saturated rings. The Bertz CT molecular complexity index is 1450. The number of amides is 1. The number of hydrogen-bond donors (Lipinski definition) is 2. The van der Waals surface area contributed by atoms with Gasteiger partial charge in [0.05, 0.1) is 16.8 Å². The first-order valence-electron chi connectivity index (χ1n) is 10.8. The summed E-state index contributed by atoms with van der Waals surface area (Å²) < 4.78 is 53.8. The predicted molar refractivity (Wildman–Crippen MR) is 140 cm³/mol. The molecule has 0 heterocycles. The molecule has 0 saturated carbocycles. The quantitative estimate of drug-likeness (QED) is 0.469. The average molecular weight is 516 g/mol. The number of anilines is 3. The third-order valence-electron chi connectivity index (χ3n) is 5.39. The lowest BCUT2D eigenvalue weighted by atomic mass is 10.1. The second-order valence-corrected chi connectivity index (χ2v) is 12.2. The van der Waals surface area contributed by atoms with Crippen molar-refractivity contribution in [3.05, 3.63) is 82.9 Å². The van der Waals surface area contributed by atoms with Gasteiger partial charge in [-0.25, -0.2) is 16.8 Å². The number of carbonyl (C=O) groups excluding carboxylic acids is 1. The van der Waals surface area contributed by atoms with Crippen molar-refractivity contribution in [2.45, 2.75) is 32.6 Å². The molecule has 0 bridgehead atoms. The normalized spacial score (nSPS) is 11.7. The van der Waals surface area contributed by atoms with E-state index in [9.17, 15) is 21.6 Å². The van der Waals surface area contributed by atoms with Gasteiger partial charge in [0.1, 0.15) is 6.54 Å². The summed E-state index contributed by atoms with van der Waals surface area (Å²) >= 11 is 0. The Morgan fingerprint density at radius 2 is 1.34 bits per heavy atom. The van der Waals surface area contributed by atoms with Crippen LogP contribution in [0.15, 0.2) is 65.6 Å². The van der Waals surface area contributed by atoms with Crippen LogP contribution in [-0.2, 0) is 24.8 Å². The molecule has 186 valence electrons. The highest BCUT2D eigenvalue weighted by atomic mass is 32.2. The molecule has 3 aromatic carbocycles. The Balaban J connectivity index is 1.73. The lowest BCUT2D eigenvalue weighted by molar-refractivity contribution is -0.114. The van der Waals surface area contributed by atoms with Crippen LogP contribution in [0.25, 0.3) is 0 Å². The smallest absolute Gasteiger partial charge is 0.261 e. The van der Waals surface area contributed by atoms with Crippen LogP contribution in [0, 0.1) is 27.7 Å². The molecule has 0 unspecified atom stereocenters. The zero-order chi connectivity index (χ0) is 26.0. The molecule has 0 aliphatic heterocycles. The minimum atomic E-state index is -3.82. The number of sulfonamides is 2. The number of benzene rings is 3. The number of rotatable bonds is 8. The number of aryl methyl sites for hydroxylation is 4. The average Bonchev–Trinajstić information content (AvgIpc) is 2.73. The first kappa shape index (κ1) is 26.2. The summed E-state index contributed by atoms with van der Waals surface area (Å²) in [6.07, 6.45) is 1.04. The summed E-state index contributed by atoms with van der Waals surface area (Å²) in [5.74, 6) is -0.557. The molecule has 0 aromatic heterocycles. The van der Waals surface area contributed by atoms with E-state index in [1.54, 1.807) is 24.3 Å². The van der Waals surface area contributed by atoms with Crippen molar-refractivity contribution in [3.8, 4) is 0 Å². The maximum Gasteiger partial charge on any atom is 0.261 e.